The Morgan fingerprint density at radius 2 is 2.00 bits per heavy atom. The summed E-state index contributed by atoms with van der Waals surface area (Å²) in [6.07, 6.45) is 1.46. The number of pyridine rings is 1. The van der Waals surface area contributed by atoms with Gasteiger partial charge in [-0.2, -0.15) is 5.26 Å². The van der Waals surface area contributed by atoms with Gasteiger partial charge < -0.3 is 10.2 Å². The number of hydrogen-bond donors (Lipinski definition) is 1. The molecule has 1 aromatic carbocycles. The van der Waals surface area contributed by atoms with Crippen molar-refractivity contribution in [2.45, 2.75) is 20.8 Å². The van der Waals surface area contributed by atoms with Gasteiger partial charge in [-0.05, 0) is 56.7 Å². The lowest BCUT2D eigenvalue weighted by atomic mass is 10.1. The zero-order valence-electron chi connectivity index (χ0n) is 13.6. The maximum atomic E-state index is 12.3. The molecule has 0 unspecified atom stereocenters. The van der Waals surface area contributed by atoms with Crippen molar-refractivity contribution < 1.29 is 4.79 Å². The first-order valence-electron chi connectivity index (χ1n) is 7.62. The van der Waals surface area contributed by atoms with E-state index < -0.39 is 0 Å². The summed E-state index contributed by atoms with van der Waals surface area (Å²) >= 11 is 0. The zero-order valence-corrected chi connectivity index (χ0v) is 13.6. The highest BCUT2D eigenvalue weighted by Gasteiger charge is 2.10. The molecule has 1 heterocycles. The first-order valence-corrected chi connectivity index (χ1v) is 7.62. The van der Waals surface area contributed by atoms with Crippen molar-refractivity contribution in [1.82, 2.24) is 4.98 Å². The summed E-state index contributed by atoms with van der Waals surface area (Å²) in [6.45, 7) is 8.08. The number of hydrogen-bond acceptors (Lipinski definition) is 4. The molecular weight excluding hydrogens is 288 g/mol. The number of nitrogens with one attached hydrogen (secondary N) is 1. The summed E-state index contributed by atoms with van der Waals surface area (Å²) in [4.78, 5) is 18.4. The Bertz CT molecular complexity index is 745. The first kappa shape index (κ1) is 16.5. The molecule has 118 valence electrons. The van der Waals surface area contributed by atoms with Gasteiger partial charge in [0.15, 0.2) is 0 Å². The number of carbonyl (C=O) groups excluding carboxylic acids is 1. The van der Waals surface area contributed by atoms with Crippen LogP contribution in [0.1, 0.15) is 35.5 Å². The second-order valence-corrected chi connectivity index (χ2v) is 5.17. The summed E-state index contributed by atoms with van der Waals surface area (Å²) in [5.41, 5.74) is 3.55. The van der Waals surface area contributed by atoms with Crippen LogP contribution in [0.3, 0.4) is 0 Å². The molecule has 23 heavy (non-hydrogen) atoms. The predicted molar refractivity (Wildman–Crippen MR) is 91.6 cm³/mol. The van der Waals surface area contributed by atoms with Crippen LogP contribution in [0.5, 0.6) is 0 Å². The van der Waals surface area contributed by atoms with E-state index >= 15 is 0 Å². The standard InChI is InChI=1S/C18H20N4O/c1-4-22(5-2)16-6-7-17(13(3)10-16)21-18(23)14-8-9-20-15(11-14)12-19/h6-11H,4-5H2,1-3H3,(H,21,23). The van der Waals surface area contributed by atoms with Gasteiger partial charge in [-0.15, -0.1) is 0 Å². The Balaban J connectivity index is 2.20. The molecule has 0 spiro atoms. The quantitative estimate of drug-likeness (QED) is 0.919. The third-order valence-electron chi connectivity index (χ3n) is 3.72. The van der Waals surface area contributed by atoms with Crippen LogP contribution in [0, 0.1) is 18.3 Å². The Hall–Kier alpha value is -2.87. The number of nitrogens with zero attached hydrogens (tertiary/aromatic N) is 3. The summed E-state index contributed by atoms with van der Waals surface area (Å²) in [5.74, 6) is -0.248. The van der Waals surface area contributed by atoms with E-state index in [9.17, 15) is 4.79 Å². The van der Waals surface area contributed by atoms with Crippen LogP contribution in [0.4, 0.5) is 11.4 Å². The molecule has 1 aromatic heterocycles. The van der Waals surface area contributed by atoms with Crippen LogP contribution >= 0.6 is 0 Å². The van der Waals surface area contributed by atoms with Crippen LogP contribution in [0.2, 0.25) is 0 Å². The molecule has 0 aliphatic rings. The number of carbonyl (C=O) groups is 1. The highest BCUT2D eigenvalue weighted by molar-refractivity contribution is 6.04. The summed E-state index contributed by atoms with van der Waals surface area (Å²) in [7, 11) is 0. The van der Waals surface area contributed by atoms with E-state index in [1.54, 1.807) is 6.07 Å². The van der Waals surface area contributed by atoms with Gasteiger partial charge in [-0.25, -0.2) is 4.98 Å². The van der Waals surface area contributed by atoms with Gasteiger partial charge in [0.25, 0.3) is 5.91 Å². The number of anilines is 2. The van der Waals surface area contributed by atoms with E-state index in [1.807, 2.05) is 25.1 Å². The molecule has 1 N–H and O–H groups in total. The normalized spacial score (nSPS) is 10.0. The molecule has 0 fully saturated rings. The second-order valence-electron chi connectivity index (χ2n) is 5.17. The molecule has 0 aliphatic heterocycles. The Kier molecular flexibility index (Phi) is 5.32. The van der Waals surface area contributed by atoms with E-state index in [1.165, 1.54) is 12.3 Å². The molecular formula is C18H20N4O. The third-order valence-corrected chi connectivity index (χ3v) is 3.72. The molecule has 2 aromatic rings. The fourth-order valence-corrected chi connectivity index (χ4v) is 2.40. The topological polar surface area (TPSA) is 69.0 Å². The zero-order chi connectivity index (χ0) is 16.8. The minimum atomic E-state index is -0.248. The molecule has 5 heteroatoms. The van der Waals surface area contributed by atoms with Crippen molar-refractivity contribution in [3.63, 3.8) is 0 Å². The third kappa shape index (κ3) is 3.86. The highest BCUT2D eigenvalue weighted by atomic mass is 16.1. The van der Waals surface area contributed by atoms with E-state index in [4.69, 9.17) is 5.26 Å². The Labute approximate surface area is 136 Å². The lowest BCUT2D eigenvalue weighted by Crippen LogP contribution is -2.22. The van der Waals surface area contributed by atoms with Crippen LogP contribution in [0.25, 0.3) is 0 Å². The van der Waals surface area contributed by atoms with Gasteiger partial charge in [0, 0.05) is 36.2 Å². The van der Waals surface area contributed by atoms with Crippen molar-refractivity contribution in [3.8, 4) is 6.07 Å². The van der Waals surface area contributed by atoms with E-state index in [-0.39, 0.29) is 11.6 Å². The SMILES string of the molecule is CCN(CC)c1ccc(NC(=O)c2ccnc(C#N)c2)c(C)c1. The van der Waals surface area contributed by atoms with Crippen LogP contribution in [-0.2, 0) is 0 Å². The average Bonchev–Trinajstić information content (AvgIpc) is 2.58. The van der Waals surface area contributed by atoms with E-state index in [2.05, 4.69) is 35.1 Å². The summed E-state index contributed by atoms with van der Waals surface area (Å²) in [5, 5.41) is 11.7. The lowest BCUT2D eigenvalue weighted by Gasteiger charge is -2.22. The van der Waals surface area contributed by atoms with Crippen LogP contribution in [-0.4, -0.2) is 24.0 Å². The van der Waals surface area contributed by atoms with E-state index in [0.717, 1.165) is 30.0 Å². The van der Waals surface area contributed by atoms with Crippen molar-refractivity contribution in [2.75, 3.05) is 23.3 Å². The van der Waals surface area contributed by atoms with Gasteiger partial charge in [-0.3, -0.25) is 4.79 Å². The van der Waals surface area contributed by atoms with Crippen molar-refractivity contribution >= 4 is 17.3 Å². The van der Waals surface area contributed by atoms with E-state index in [0.29, 0.717) is 5.56 Å². The van der Waals surface area contributed by atoms with Crippen LogP contribution in [0.15, 0.2) is 36.5 Å². The molecule has 1 amide bonds. The summed E-state index contributed by atoms with van der Waals surface area (Å²) < 4.78 is 0. The second kappa shape index (κ2) is 7.41. The molecule has 0 saturated carbocycles. The number of aromatic nitrogens is 1. The van der Waals surface area contributed by atoms with Gasteiger partial charge in [0.05, 0.1) is 0 Å². The maximum absolute atomic E-state index is 12.3. The molecule has 0 saturated heterocycles. The van der Waals surface area contributed by atoms with Gasteiger partial charge in [0.1, 0.15) is 11.8 Å². The average molecular weight is 308 g/mol. The Morgan fingerprint density at radius 3 is 2.61 bits per heavy atom. The van der Waals surface area contributed by atoms with Crippen LogP contribution < -0.4 is 10.2 Å². The number of nitriles is 1. The number of aryl methyl sites for hydroxylation is 1. The smallest absolute Gasteiger partial charge is 0.255 e. The molecule has 5 nitrogen and oxygen atoms in total. The largest absolute Gasteiger partial charge is 0.372 e. The maximum Gasteiger partial charge on any atom is 0.255 e. The summed E-state index contributed by atoms with van der Waals surface area (Å²) in [6, 6.07) is 11.0. The monoisotopic (exact) mass is 308 g/mol. The first-order chi connectivity index (χ1) is 11.1. The number of rotatable bonds is 5. The molecule has 0 bridgehead atoms. The molecule has 0 radical (unpaired) electrons. The van der Waals surface area contributed by atoms with Gasteiger partial charge >= 0.3 is 0 Å². The van der Waals surface area contributed by atoms with Crippen molar-refractivity contribution in [1.29, 1.82) is 5.26 Å². The lowest BCUT2D eigenvalue weighted by molar-refractivity contribution is 0.102. The molecule has 2 rings (SSSR count). The predicted octanol–water partition coefficient (Wildman–Crippen LogP) is 3.36. The number of benzene rings is 1. The molecule has 0 aliphatic carbocycles. The van der Waals surface area contributed by atoms with Gasteiger partial charge in [0.2, 0.25) is 0 Å². The fourth-order valence-electron chi connectivity index (χ4n) is 2.40. The Morgan fingerprint density at radius 1 is 1.26 bits per heavy atom. The number of amides is 1. The minimum absolute atomic E-state index is 0.228. The van der Waals surface area contributed by atoms with Crippen molar-refractivity contribution in [3.05, 3.63) is 53.3 Å². The van der Waals surface area contributed by atoms with Gasteiger partial charge in [-0.1, -0.05) is 0 Å². The highest BCUT2D eigenvalue weighted by Crippen LogP contribution is 2.23. The van der Waals surface area contributed by atoms with Crippen molar-refractivity contribution in [2.24, 2.45) is 0 Å². The molecule has 0 atom stereocenters. The minimum Gasteiger partial charge on any atom is -0.372 e. The fraction of sp³-hybridized carbons (Fsp3) is 0.278.